The van der Waals surface area contributed by atoms with E-state index in [-0.39, 0.29) is 17.2 Å². The summed E-state index contributed by atoms with van der Waals surface area (Å²) in [7, 11) is 0. The van der Waals surface area contributed by atoms with Crippen LogP contribution in [-0.4, -0.2) is 23.5 Å². The molecule has 1 heterocycles. The van der Waals surface area contributed by atoms with Crippen molar-refractivity contribution >= 4 is 5.91 Å². The van der Waals surface area contributed by atoms with E-state index < -0.39 is 0 Å². The first-order valence-electron chi connectivity index (χ1n) is 7.15. The van der Waals surface area contributed by atoms with E-state index in [2.05, 4.69) is 30.2 Å². The topological polar surface area (TPSA) is 70.9 Å². The van der Waals surface area contributed by atoms with Crippen LogP contribution in [0.1, 0.15) is 45.1 Å². The number of aromatic amines is 1. The number of carbonyl (C=O) groups is 1. The molecular formula is C15H25N3O. The lowest BCUT2D eigenvalue weighted by Crippen LogP contribution is -2.41. The van der Waals surface area contributed by atoms with Gasteiger partial charge >= 0.3 is 0 Å². The van der Waals surface area contributed by atoms with E-state index in [0.717, 1.165) is 25.7 Å². The van der Waals surface area contributed by atoms with Gasteiger partial charge in [-0.2, -0.15) is 0 Å². The number of hydrogen-bond acceptors (Lipinski definition) is 2. The predicted octanol–water partition coefficient (Wildman–Crippen LogP) is 1.93. The van der Waals surface area contributed by atoms with E-state index >= 15 is 0 Å². The molecule has 4 heteroatoms. The van der Waals surface area contributed by atoms with Gasteiger partial charge in [-0.15, -0.1) is 0 Å². The molecule has 1 amide bonds. The van der Waals surface area contributed by atoms with E-state index in [0.29, 0.717) is 12.6 Å². The molecule has 1 fully saturated rings. The van der Waals surface area contributed by atoms with E-state index in [1.165, 1.54) is 5.56 Å². The summed E-state index contributed by atoms with van der Waals surface area (Å²) in [6.07, 6.45) is 7.71. The monoisotopic (exact) mass is 263 g/mol. The summed E-state index contributed by atoms with van der Waals surface area (Å²) >= 11 is 0. The Kier molecular flexibility index (Phi) is 4.30. The van der Waals surface area contributed by atoms with Crippen molar-refractivity contribution in [2.75, 3.05) is 6.54 Å². The molecule has 4 N–H and O–H groups in total. The van der Waals surface area contributed by atoms with E-state index in [4.69, 9.17) is 5.73 Å². The maximum atomic E-state index is 12.2. The van der Waals surface area contributed by atoms with Gasteiger partial charge in [-0.05, 0) is 37.3 Å². The second-order valence-electron chi connectivity index (χ2n) is 6.31. The van der Waals surface area contributed by atoms with Crippen molar-refractivity contribution in [3.8, 4) is 0 Å². The Bertz CT molecular complexity index is 403. The molecule has 19 heavy (non-hydrogen) atoms. The molecule has 0 bridgehead atoms. The molecule has 1 aromatic rings. The number of aromatic nitrogens is 1. The Hall–Kier alpha value is -1.29. The summed E-state index contributed by atoms with van der Waals surface area (Å²) < 4.78 is 0. The highest BCUT2D eigenvalue weighted by atomic mass is 16.1. The molecule has 4 nitrogen and oxygen atoms in total. The first kappa shape index (κ1) is 14.1. The molecule has 0 spiro atoms. The fraction of sp³-hybridized carbons (Fsp3) is 0.667. The summed E-state index contributed by atoms with van der Waals surface area (Å²) in [6.45, 7) is 4.96. The summed E-state index contributed by atoms with van der Waals surface area (Å²) in [5.74, 6) is 0.345. The first-order chi connectivity index (χ1) is 8.99. The van der Waals surface area contributed by atoms with Crippen LogP contribution in [0, 0.1) is 5.92 Å². The predicted molar refractivity (Wildman–Crippen MR) is 76.8 cm³/mol. The Labute approximate surface area is 115 Å². The van der Waals surface area contributed by atoms with Gasteiger partial charge in [0.05, 0.1) is 0 Å². The summed E-state index contributed by atoms with van der Waals surface area (Å²) in [4.78, 5) is 15.2. The zero-order chi connectivity index (χ0) is 13.9. The highest BCUT2D eigenvalue weighted by Gasteiger charge is 2.27. The lowest BCUT2D eigenvalue weighted by molar-refractivity contribution is -0.126. The standard InChI is InChI=1S/C15H25N3O/c1-15(2,12-7-8-17-9-12)10-18-14(19)11-3-5-13(16)6-4-11/h7-9,11,13,17H,3-6,10,16H2,1-2H3,(H,18,19). The Morgan fingerprint density at radius 2 is 2.11 bits per heavy atom. The van der Waals surface area contributed by atoms with Gasteiger partial charge in [0.15, 0.2) is 0 Å². The first-order valence-corrected chi connectivity index (χ1v) is 7.15. The van der Waals surface area contributed by atoms with Crippen LogP contribution in [0.5, 0.6) is 0 Å². The van der Waals surface area contributed by atoms with Crippen LogP contribution in [0.3, 0.4) is 0 Å². The molecule has 1 saturated carbocycles. The van der Waals surface area contributed by atoms with Gasteiger partial charge < -0.3 is 16.0 Å². The molecule has 0 unspecified atom stereocenters. The summed E-state index contributed by atoms with van der Waals surface area (Å²) in [5, 5.41) is 3.10. The van der Waals surface area contributed by atoms with Crippen LogP contribution in [0.25, 0.3) is 0 Å². The van der Waals surface area contributed by atoms with Gasteiger partial charge in [0.25, 0.3) is 0 Å². The van der Waals surface area contributed by atoms with Crippen LogP contribution in [0.15, 0.2) is 18.5 Å². The zero-order valence-electron chi connectivity index (χ0n) is 11.9. The maximum absolute atomic E-state index is 12.2. The third-order valence-corrected chi connectivity index (χ3v) is 4.23. The molecular weight excluding hydrogens is 238 g/mol. The fourth-order valence-electron chi connectivity index (χ4n) is 2.68. The van der Waals surface area contributed by atoms with Crippen LogP contribution >= 0.6 is 0 Å². The van der Waals surface area contributed by atoms with Crippen LogP contribution in [0.4, 0.5) is 0 Å². The summed E-state index contributed by atoms with van der Waals surface area (Å²) in [5.41, 5.74) is 7.05. The van der Waals surface area contributed by atoms with Crippen LogP contribution in [-0.2, 0) is 10.2 Å². The molecule has 1 aliphatic rings. The van der Waals surface area contributed by atoms with E-state index in [1.54, 1.807) is 0 Å². The second-order valence-corrected chi connectivity index (χ2v) is 6.31. The average Bonchev–Trinajstić information content (AvgIpc) is 2.91. The Morgan fingerprint density at radius 3 is 2.68 bits per heavy atom. The van der Waals surface area contributed by atoms with Crippen LogP contribution < -0.4 is 11.1 Å². The molecule has 1 aromatic heterocycles. The molecule has 0 saturated heterocycles. The van der Waals surface area contributed by atoms with Gasteiger partial charge in [0, 0.05) is 36.3 Å². The SMILES string of the molecule is CC(C)(CNC(=O)C1CCC(N)CC1)c1cc[nH]c1. The zero-order valence-corrected chi connectivity index (χ0v) is 11.9. The number of H-pyrrole nitrogens is 1. The lowest BCUT2D eigenvalue weighted by atomic mass is 9.84. The van der Waals surface area contributed by atoms with Gasteiger partial charge in [-0.3, -0.25) is 4.79 Å². The second kappa shape index (κ2) is 5.78. The smallest absolute Gasteiger partial charge is 0.223 e. The van der Waals surface area contributed by atoms with Gasteiger partial charge in [0.1, 0.15) is 0 Å². The largest absolute Gasteiger partial charge is 0.367 e. The third-order valence-electron chi connectivity index (χ3n) is 4.23. The number of hydrogen-bond donors (Lipinski definition) is 3. The van der Waals surface area contributed by atoms with Crippen LogP contribution in [0.2, 0.25) is 0 Å². The number of rotatable bonds is 4. The quantitative estimate of drug-likeness (QED) is 0.776. The highest BCUT2D eigenvalue weighted by Crippen LogP contribution is 2.25. The minimum absolute atomic E-state index is 0.0409. The number of nitrogens with one attached hydrogen (secondary N) is 2. The molecule has 2 rings (SSSR count). The normalized spacial score (nSPS) is 24.2. The molecule has 0 radical (unpaired) electrons. The van der Waals surface area contributed by atoms with Gasteiger partial charge in [-0.25, -0.2) is 0 Å². The summed E-state index contributed by atoms with van der Waals surface area (Å²) in [6, 6.07) is 2.35. The number of nitrogens with two attached hydrogens (primary N) is 1. The minimum Gasteiger partial charge on any atom is -0.367 e. The van der Waals surface area contributed by atoms with Crippen molar-refractivity contribution in [3.05, 3.63) is 24.0 Å². The Balaban J connectivity index is 1.83. The van der Waals surface area contributed by atoms with Crippen molar-refractivity contribution < 1.29 is 4.79 Å². The molecule has 0 aliphatic heterocycles. The van der Waals surface area contributed by atoms with Crippen molar-refractivity contribution in [1.29, 1.82) is 0 Å². The van der Waals surface area contributed by atoms with Crippen molar-refractivity contribution in [2.45, 2.75) is 51.0 Å². The lowest BCUT2D eigenvalue weighted by Gasteiger charge is -2.28. The third kappa shape index (κ3) is 3.60. The molecule has 1 aliphatic carbocycles. The van der Waals surface area contributed by atoms with Crippen molar-refractivity contribution in [1.82, 2.24) is 10.3 Å². The highest BCUT2D eigenvalue weighted by molar-refractivity contribution is 5.78. The Morgan fingerprint density at radius 1 is 1.42 bits per heavy atom. The number of carbonyl (C=O) groups excluding carboxylic acids is 1. The molecule has 106 valence electrons. The van der Waals surface area contributed by atoms with E-state index in [1.807, 2.05) is 12.4 Å². The minimum atomic E-state index is -0.0409. The van der Waals surface area contributed by atoms with E-state index in [9.17, 15) is 4.79 Å². The molecule has 0 aromatic carbocycles. The van der Waals surface area contributed by atoms with Gasteiger partial charge in [-0.1, -0.05) is 13.8 Å². The number of amides is 1. The van der Waals surface area contributed by atoms with Gasteiger partial charge in [0.2, 0.25) is 5.91 Å². The fourth-order valence-corrected chi connectivity index (χ4v) is 2.68. The molecule has 0 atom stereocenters. The maximum Gasteiger partial charge on any atom is 0.223 e. The van der Waals surface area contributed by atoms with Crippen molar-refractivity contribution in [3.63, 3.8) is 0 Å². The average molecular weight is 263 g/mol. The van der Waals surface area contributed by atoms with Crippen molar-refractivity contribution in [2.24, 2.45) is 11.7 Å².